The molecule has 2 nitrogen and oxygen atoms in total. The van der Waals surface area contributed by atoms with E-state index in [1.54, 1.807) is 0 Å². The van der Waals surface area contributed by atoms with Gasteiger partial charge in [0.25, 0.3) is 0 Å². The highest BCUT2D eigenvalue weighted by Crippen LogP contribution is 2.34. The van der Waals surface area contributed by atoms with Gasteiger partial charge in [-0.15, -0.1) is 0 Å². The zero-order chi connectivity index (χ0) is 10.8. The van der Waals surface area contributed by atoms with Crippen molar-refractivity contribution in [3.63, 3.8) is 0 Å². The molecule has 1 aliphatic rings. The molecule has 1 saturated heterocycles. The number of rotatable bonds is 1. The molecule has 0 bridgehead atoms. The van der Waals surface area contributed by atoms with E-state index in [9.17, 15) is 5.11 Å². The molecule has 0 aliphatic carbocycles. The quantitative estimate of drug-likeness (QED) is 0.860. The number of aliphatic hydroxyl groups excluding tert-OH is 1. The number of halogens is 2. The van der Waals surface area contributed by atoms with Crippen molar-refractivity contribution in [2.24, 2.45) is 0 Å². The van der Waals surface area contributed by atoms with Crippen LogP contribution < -0.4 is 0 Å². The summed E-state index contributed by atoms with van der Waals surface area (Å²) in [6, 6.07) is 5.62. The predicted molar refractivity (Wildman–Crippen MR) is 63.1 cm³/mol. The first kappa shape index (κ1) is 11.4. The summed E-state index contributed by atoms with van der Waals surface area (Å²) < 4.78 is 6.60. The minimum Gasteiger partial charge on any atom is -0.393 e. The zero-order valence-corrected chi connectivity index (χ0v) is 10.5. The van der Waals surface area contributed by atoms with Crippen LogP contribution in [0, 0.1) is 0 Å². The Balaban J connectivity index is 2.24. The summed E-state index contributed by atoms with van der Waals surface area (Å²) in [5.41, 5.74) is 1.02. The first-order valence-electron chi connectivity index (χ1n) is 4.91. The van der Waals surface area contributed by atoms with Gasteiger partial charge >= 0.3 is 0 Å². The summed E-state index contributed by atoms with van der Waals surface area (Å²) in [4.78, 5) is 0. The van der Waals surface area contributed by atoms with Gasteiger partial charge in [-0.3, -0.25) is 0 Å². The predicted octanol–water partition coefficient (Wildman–Crippen LogP) is 3.31. The van der Waals surface area contributed by atoms with Gasteiger partial charge in [-0.1, -0.05) is 27.5 Å². The maximum absolute atomic E-state index is 9.57. The summed E-state index contributed by atoms with van der Waals surface area (Å²) in [5.74, 6) is 0. The second-order valence-electron chi connectivity index (χ2n) is 3.70. The van der Waals surface area contributed by atoms with Crippen LogP contribution in [0.3, 0.4) is 0 Å². The van der Waals surface area contributed by atoms with E-state index < -0.39 is 0 Å². The molecular formula is C11H12BrClO2. The molecule has 0 spiro atoms. The van der Waals surface area contributed by atoms with Crippen LogP contribution in [0.25, 0.3) is 0 Å². The molecule has 0 saturated carbocycles. The van der Waals surface area contributed by atoms with Gasteiger partial charge in [0.1, 0.15) is 0 Å². The van der Waals surface area contributed by atoms with Crippen LogP contribution in [0.5, 0.6) is 0 Å². The van der Waals surface area contributed by atoms with Crippen molar-refractivity contribution in [3.8, 4) is 0 Å². The fourth-order valence-electron chi connectivity index (χ4n) is 1.76. The highest BCUT2D eigenvalue weighted by Gasteiger charge is 2.23. The van der Waals surface area contributed by atoms with E-state index >= 15 is 0 Å². The Kier molecular flexibility index (Phi) is 3.67. The van der Waals surface area contributed by atoms with Crippen LogP contribution in [0.1, 0.15) is 24.5 Å². The van der Waals surface area contributed by atoms with E-state index in [1.807, 2.05) is 18.2 Å². The maximum Gasteiger partial charge on any atom is 0.0861 e. The minimum absolute atomic E-state index is 0.0539. The smallest absolute Gasteiger partial charge is 0.0861 e. The monoisotopic (exact) mass is 290 g/mol. The topological polar surface area (TPSA) is 29.5 Å². The number of hydrogen-bond acceptors (Lipinski definition) is 2. The minimum atomic E-state index is -0.269. The normalized spacial score (nSPS) is 26.6. The Morgan fingerprint density at radius 3 is 3.00 bits per heavy atom. The fourth-order valence-corrected chi connectivity index (χ4v) is 2.44. The summed E-state index contributed by atoms with van der Waals surface area (Å²) in [6.07, 6.45) is 1.03. The first-order valence-corrected chi connectivity index (χ1v) is 6.08. The molecule has 15 heavy (non-hydrogen) atoms. The van der Waals surface area contributed by atoms with Crippen LogP contribution in [-0.4, -0.2) is 17.8 Å². The second-order valence-corrected chi connectivity index (χ2v) is 4.99. The van der Waals surface area contributed by atoms with E-state index in [2.05, 4.69) is 15.9 Å². The third-order valence-electron chi connectivity index (χ3n) is 2.56. The van der Waals surface area contributed by atoms with Gasteiger partial charge in [-0.25, -0.2) is 0 Å². The summed E-state index contributed by atoms with van der Waals surface area (Å²) in [5, 5.41) is 10.3. The Labute approximate surface area is 102 Å². The third kappa shape index (κ3) is 2.72. The Hall–Kier alpha value is -0.0900. The summed E-state index contributed by atoms with van der Waals surface area (Å²) in [7, 11) is 0. The third-order valence-corrected chi connectivity index (χ3v) is 3.52. The molecule has 0 aromatic heterocycles. The molecule has 2 atom stereocenters. The average Bonchev–Trinajstić information content (AvgIpc) is 2.22. The second kappa shape index (κ2) is 4.83. The first-order chi connectivity index (χ1) is 7.16. The van der Waals surface area contributed by atoms with Crippen molar-refractivity contribution in [1.29, 1.82) is 0 Å². The molecule has 1 heterocycles. The lowest BCUT2D eigenvalue weighted by Gasteiger charge is -2.27. The molecule has 0 radical (unpaired) electrons. The van der Waals surface area contributed by atoms with Crippen molar-refractivity contribution in [2.45, 2.75) is 25.0 Å². The fraction of sp³-hybridized carbons (Fsp3) is 0.455. The maximum atomic E-state index is 9.57. The molecule has 1 aromatic carbocycles. The van der Waals surface area contributed by atoms with Gasteiger partial charge in [-0.2, -0.15) is 0 Å². The van der Waals surface area contributed by atoms with Gasteiger partial charge in [0.05, 0.1) is 12.2 Å². The van der Waals surface area contributed by atoms with Crippen LogP contribution in [0.2, 0.25) is 5.02 Å². The SMILES string of the molecule is OC1CCOC(c2cc(Cl)ccc2Br)C1. The number of hydrogen-bond donors (Lipinski definition) is 1. The van der Waals surface area contributed by atoms with Crippen molar-refractivity contribution in [2.75, 3.05) is 6.61 Å². The van der Waals surface area contributed by atoms with E-state index in [4.69, 9.17) is 16.3 Å². The molecule has 1 aliphatic heterocycles. The Bertz CT molecular complexity index is 356. The van der Waals surface area contributed by atoms with Gasteiger partial charge in [0.2, 0.25) is 0 Å². The van der Waals surface area contributed by atoms with Crippen LogP contribution >= 0.6 is 27.5 Å². The molecular weight excluding hydrogens is 279 g/mol. The molecule has 1 N–H and O–H groups in total. The highest BCUT2D eigenvalue weighted by atomic mass is 79.9. The largest absolute Gasteiger partial charge is 0.393 e. The van der Waals surface area contributed by atoms with Crippen LogP contribution in [0.15, 0.2) is 22.7 Å². The van der Waals surface area contributed by atoms with Crippen LogP contribution in [0.4, 0.5) is 0 Å². The molecule has 2 rings (SSSR count). The standard InChI is InChI=1S/C11H12BrClO2/c12-10-2-1-7(13)5-9(10)11-6-8(14)3-4-15-11/h1-2,5,8,11,14H,3-4,6H2. The lowest BCUT2D eigenvalue weighted by atomic mass is 9.99. The molecule has 0 amide bonds. The van der Waals surface area contributed by atoms with E-state index in [0.29, 0.717) is 24.5 Å². The van der Waals surface area contributed by atoms with Crippen molar-refractivity contribution < 1.29 is 9.84 Å². The number of benzene rings is 1. The Morgan fingerprint density at radius 2 is 2.27 bits per heavy atom. The zero-order valence-electron chi connectivity index (χ0n) is 8.12. The molecule has 1 aromatic rings. The molecule has 2 unspecified atom stereocenters. The van der Waals surface area contributed by atoms with Crippen molar-refractivity contribution in [1.82, 2.24) is 0 Å². The van der Waals surface area contributed by atoms with Crippen LogP contribution in [-0.2, 0) is 4.74 Å². The van der Waals surface area contributed by atoms with Gasteiger partial charge < -0.3 is 9.84 Å². The summed E-state index contributed by atoms with van der Waals surface area (Å²) >= 11 is 9.40. The molecule has 1 fully saturated rings. The van der Waals surface area contributed by atoms with E-state index in [-0.39, 0.29) is 12.2 Å². The average molecular weight is 292 g/mol. The highest BCUT2D eigenvalue weighted by molar-refractivity contribution is 9.10. The summed E-state index contributed by atoms with van der Waals surface area (Å²) in [6.45, 7) is 0.602. The Morgan fingerprint density at radius 1 is 1.47 bits per heavy atom. The lowest BCUT2D eigenvalue weighted by Crippen LogP contribution is -2.23. The van der Waals surface area contributed by atoms with Gasteiger partial charge in [-0.05, 0) is 30.2 Å². The molecule has 4 heteroatoms. The number of ether oxygens (including phenoxy) is 1. The molecule has 82 valence electrons. The van der Waals surface area contributed by atoms with E-state index in [0.717, 1.165) is 10.0 Å². The van der Waals surface area contributed by atoms with Crippen molar-refractivity contribution >= 4 is 27.5 Å². The number of aliphatic hydroxyl groups is 1. The lowest BCUT2D eigenvalue weighted by molar-refractivity contribution is -0.0450. The van der Waals surface area contributed by atoms with Crippen molar-refractivity contribution in [3.05, 3.63) is 33.3 Å². The van der Waals surface area contributed by atoms with Gasteiger partial charge in [0, 0.05) is 22.5 Å². The van der Waals surface area contributed by atoms with E-state index in [1.165, 1.54) is 0 Å². The van der Waals surface area contributed by atoms with Gasteiger partial charge in [0.15, 0.2) is 0 Å².